The Balaban J connectivity index is 1.91. The van der Waals surface area contributed by atoms with Crippen LogP contribution in [-0.4, -0.2) is 46.5 Å². The van der Waals surface area contributed by atoms with Gasteiger partial charge in [-0.3, -0.25) is 14.4 Å². The minimum Gasteiger partial charge on any atom is -0.336 e. The Morgan fingerprint density at radius 1 is 1.29 bits per heavy atom. The van der Waals surface area contributed by atoms with Crippen LogP contribution >= 0.6 is 35.0 Å². The number of benzene rings is 1. The highest BCUT2D eigenvalue weighted by Crippen LogP contribution is 2.24. The number of amides is 2. The summed E-state index contributed by atoms with van der Waals surface area (Å²) < 4.78 is 0. The maximum Gasteiger partial charge on any atom is 0.254 e. The third-order valence-electron chi connectivity index (χ3n) is 3.99. The summed E-state index contributed by atoms with van der Waals surface area (Å²) in [5.74, 6) is -0.619. The molecule has 0 saturated heterocycles. The van der Waals surface area contributed by atoms with Crippen molar-refractivity contribution in [3.63, 3.8) is 0 Å². The van der Waals surface area contributed by atoms with Crippen LogP contribution in [0.25, 0.3) is 0 Å². The Morgan fingerprint density at radius 3 is 2.61 bits per heavy atom. The summed E-state index contributed by atoms with van der Waals surface area (Å²) in [6.07, 6.45) is 2.17. The number of H-pyrrole nitrogens is 1. The maximum atomic E-state index is 12.3. The van der Waals surface area contributed by atoms with Crippen molar-refractivity contribution in [1.82, 2.24) is 14.9 Å². The Kier molecular flexibility index (Phi) is 7.91. The molecule has 28 heavy (non-hydrogen) atoms. The molecule has 2 N–H and O–H groups in total. The van der Waals surface area contributed by atoms with E-state index in [4.69, 9.17) is 23.2 Å². The molecule has 0 aliphatic rings. The van der Waals surface area contributed by atoms with E-state index < -0.39 is 0 Å². The first-order valence-corrected chi connectivity index (χ1v) is 10.3. The van der Waals surface area contributed by atoms with Crippen LogP contribution < -0.4 is 10.9 Å². The Hall–Kier alpha value is -2.03. The molecular formula is C18H20Cl2N4O3S. The van der Waals surface area contributed by atoms with Gasteiger partial charge in [0, 0.05) is 30.4 Å². The van der Waals surface area contributed by atoms with Crippen LogP contribution in [0.3, 0.4) is 0 Å². The topological polar surface area (TPSA) is 95.2 Å². The fourth-order valence-electron chi connectivity index (χ4n) is 2.48. The summed E-state index contributed by atoms with van der Waals surface area (Å²) in [6, 6.07) is 4.72. The summed E-state index contributed by atoms with van der Waals surface area (Å²) in [4.78, 5) is 44.8. The monoisotopic (exact) mass is 442 g/mol. The minimum atomic E-state index is -0.366. The van der Waals surface area contributed by atoms with Gasteiger partial charge in [0.15, 0.2) is 5.16 Å². The average Bonchev–Trinajstić information content (AvgIpc) is 2.63. The number of aromatic amines is 1. The van der Waals surface area contributed by atoms with Crippen LogP contribution in [0, 0.1) is 6.92 Å². The minimum absolute atomic E-state index is 0.0980. The molecule has 2 amide bonds. The zero-order chi connectivity index (χ0) is 20.8. The molecule has 0 saturated carbocycles. The number of aryl methyl sites for hydroxylation is 1. The molecule has 0 radical (unpaired) electrons. The van der Waals surface area contributed by atoms with Gasteiger partial charge in [-0.15, -0.1) is 0 Å². The Morgan fingerprint density at radius 2 is 2.00 bits per heavy atom. The van der Waals surface area contributed by atoms with Crippen LogP contribution in [-0.2, 0) is 16.0 Å². The number of nitrogens with zero attached hydrogens (tertiary/aromatic N) is 2. The first-order valence-electron chi connectivity index (χ1n) is 8.34. The lowest BCUT2D eigenvalue weighted by atomic mass is 10.1. The molecule has 0 spiro atoms. The lowest BCUT2D eigenvalue weighted by Crippen LogP contribution is -2.35. The lowest BCUT2D eigenvalue weighted by Gasteiger charge is -2.17. The van der Waals surface area contributed by atoms with Gasteiger partial charge < -0.3 is 15.2 Å². The Labute approximate surface area is 176 Å². The molecular weight excluding hydrogens is 423 g/mol. The molecule has 2 rings (SSSR count). The van der Waals surface area contributed by atoms with Crippen LogP contribution in [0.2, 0.25) is 10.0 Å². The van der Waals surface area contributed by atoms with Crippen molar-refractivity contribution in [3.8, 4) is 0 Å². The van der Waals surface area contributed by atoms with Crippen molar-refractivity contribution >= 4 is 52.5 Å². The lowest BCUT2D eigenvalue weighted by molar-refractivity contribution is -0.133. The van der Waals surface area contributed by atoms with E-state index in [9.17, 15) is 14.4 Å². The van der Waals surface area contributed by atoms with Crippen molar-refractivity contribution < 1.29 is 9.59 Å². The van der Waals surface area contributed by atoms with Crippen LogP contribution in [0.5, 0.6) is 0 Å². The van der Waals surface area contributed by atoms with Gasteiger partial charge in [-0.1, -0.05) is 35.0 Å². The number of likely N-dealkylation sites (N-methyl/N-ethyl adjacent to an activating group) is 1. The van der Waals surface area contributed by atoms with E-state index in [1.165, 1.54) is 29.8 Å². The quantitative estimate of drug-likeness (QED) is 0.507. The maximum absolute atomic E-state index is 12.3. The number of hydrogen-bond acceptors (Lipinski definition) is 5. The summed E-state index contributed by atoms with van der Waals surface area (Å²) in [5, 5.41) is 3.90. The smallest absolute Gasteiger partial charge is 0.254 e. The summed E-state index contributed by atoms with van der Waals surface area (Å²) in [6.45, 7) is 1.61. The number of nitrogens with one attached hydrogen (secondary N) is 2. The zero-order valence-electron chi connectivity index (χ0n) is 15.6. The molecule has 0 aliphatic carbocycles. The van der Waals surface area contributed by atoms with E-state index in [-0.39, 0.29) is 36.8 Å². The Bertz CT molecular complexity index is 949. The van der Waals surface area contributed by atoms with Gasteiger partial charge >= 0.3 is 0 Å². The van der Waals surface area contributed by atoms with Crippen molar-refractivity contribution in [1.29, 1.82) is 0 Å². The van der Waals surface area contributed by atoms with Crippen molar-refractivity contribution in [2.45, 2.75) is 24.9 Å². The summed E-state index contributed by atoms with van der Waals surface area (Å²) in [5.41, 5.74) is 1.31. The molecule has 7 nitrogen and oxygen atoms in total. The summed E-state index contributed by atoms with van der Waals surface area (Å²) >= 11 is 13.1. The third kappa shape index (κ3) is 5.98. The number of anilines is 1. The zero-order valence-corrected chi connectivity index (χ0v) is 18.0. The van der Waals surface area contributed by atoms with Crippen LogP contribution in [0.1, 0.15) is 17.7 Å². The first kappa shape index (κ1) is 22.3. The van der Waals surface area contributed by atoms with Gasteiger partial charge in [0.2, 0.25) is 11.8 Å². The number of rotatable bonds is 7. The number of carbonyl (C=O) groups is 2. The van der Waals surface area contributed by atoms with E-state index in [0.717, 1.165) is 0 Å². The molecule has 0 atom stereocenters. The molecule has 0 fully saturated rings. The van der Waals surface area contributed by atoms with Crippen LogP contribution in [0.4, 0.5) is 5.69 Å². The van der Waals surface area contributed by atoms with Gasteiger partial charge in [-0.2, -0.15) is 0 Å². The largest absolute Gasteiger partial charge is 0.336 e. The molecule has 2 aromatic rings. The van der Waals surface area contributed by atoms with E-state index in [1.54, 1.807) is 19.1 Å². The molecule has 0 aliphatic heterocycles. The van der Waals surface area contributed by atoms with E-state index in [0.29, 0.717) is 32.1 Å². The second-order valence-corrected chi connectivity index (χ2v) is 7.68. The number of aromatic nitrogens is 2. The second kappa shape index (κ2) is 9.95. The molecule has 10 heteroatoms. The highest BCUT2D eigenvalue weighted by molar-refractivity contribution is 7.98. The van der Waals surface area contributed by atoms with Gasteiger partial charge in [0.1, 0.15) is 0 Å². The highest BCUT2D eigenvalue weighted by Gasteiger charge is 2.16. The normalized spacial score (nSPS) is 10.6. The van der Waals surface area contributed by atoms with Crippen molar-refractivity contribution in [3.05, 3.63) is 49.9 Å². The van der Waals surface area contributed by atoms with Crippen LogP contribution in [0.15, 0.2) is 28.2 Å². The average molecular weight is 443 g/mol. The standard InChI is InChI=1S/C18H20Cl2N4O3S/c1-10-12(17(27)23-18(21-10)28-3)5-7-16(26)24(2)9-15(25)22-11-4-6-13(19)14(20)8-11/h4,6,8H,5,7,9H2,1-3H3,(H,22,25)(H,21,23,27). The van der Waals surface area contributed by atoms with E-state index >= 15 is 0 Å². The molecule has 0 unspecified atom stereocenters. The number of hydrogen-bond donors (Lipinski definition) is 2. The van der Waals surface area contributed by atoms with E-state index in [1.807, 2.05) is 6.26 Å². The molecule has 0 bridgehead atoms. The molecule has 1 aromatic heterocycles. The predicted molar refractivity (Wildman–Crippen MR) is 112 cm³/mol. The number of thioether (sulfide) groups is 1. The SMILES string of the molecule is CSc1nc(C)c(CCC(=O)N(C)CC(=O)Nc2ccc(Cl)c(Cl)c2)c(=O)[nH]1. The second-order valence-electron chi connectivity index (χ2n) is 6.07. The third-order valence-corrected chi connectivity index (χ3v) is 5.31. The van der Waals surface area contributed by atoms with Gasteiger partial charge in [-0.05, 0) is 37.8 Å². The van der Waals surface area contributed by atoms with E-state index in [2.05, 4.69) is 15.3 Å². The van der Waals surface area contributed by atoms with Gasteiger partial charge in [0.05, 0.1) is 16.6 Å². The fraction of sp³-hybridized carbons (Fsp3) is 0.333. The summed E-state index contributed by atoms with van der Waals surface area (Å²) in [7, 11) is 1.53. The highest BCUT2D eigenvalue weighted by atomic mass is 35.5. The fourth-order valence-corrected chi connectivity index (χ4v) is 3.20. The predicted octanol–water partition coefficient (Wildman–Crippen LogP) is 3.14. The number of carbonyl (C=O) groups excluding carboxylic acids is 2. The van der Waals surface area contributed by atoms with Crippen molar-refractivity contribution in [2.75, 3.05) is 25.2 Å². The molecule has 1 aromatic carbocycles. The van der Waals surface area contributed by atoms with Crippen molar-refractivity contribution in [2.24, 2.45) is 0 Å². The first-order chi connectivity index (χ1) is 13.2. The van der Waals surface area contributed by atoms with Gasteiger partial charge in [0.25, 0.3) is 5.56 Å². The molecule has 1 heterocycles. The number of halogens is 2. The van der Waals surface area contributed by atoms with Gasteiger partial charge in [-0.25, -0.2) is 4.98 Å². The molecule has 150 valence electrons.